The van der Waals surface area contributed by atoms with Crippen molar-refractivity contribution in [3.8, 4) is 22.3 Å². The summed E-state index contributed by atoms with van der Waals surface area (Å²) in [5.41, 5.74) is 10.4. The molecule has 2 heterocycles. The fourth-order valence-electron chi connectivity index (χ4n) is 6.61. The molecule has 7 aromatic carbocycles. The summed E-state index contributed by atoms with van der Waals surface area (Å²) in [5.74, 6) is 0. The Labute approximate surface area is 266 Å². The zero-order chi connectivity index (χ0) is 30.5. The van der Waals surface area contributed by atoms with Crippen molar-refractivity contribution in [2.45, 2.75) is 0 Å². The second kappa shape index (κ2) is 10.8. The lowest BCUT2D eigenvalue weighted by Gasteiger charge is -2.26. The van der Waals surface area contributed by atoms with E-state index in [1.165, 1.54) is 33.0 Å². The van der Waals surface area contributed by atoms with Crippen LogP contribution in [0.3, 0.4) is 0 Å². The monoisotopic (exact) mass is 588 g/mol. The van der Waals surface area contributed by atoms with Crippen molar-refractivity contribution >= 4 is 60.8 Å². The molecule has 0 aliphatic heterocycles. The van der Waals surface area contributed by atoms with Crippen LogP contribution in [0, 0.1) is 0 Å². The van der Waals surface area contributed by atoms with Crippen LogP contribution in [-0.2, 0) is 0 Å². The molecule has 2 aromatic heterocycles. The van der Waals surface area contributed by atoms with Gasteiger partial charge in [0.15, 0.2) is 0 Å². The van der Waals surface area contributed by atoms with Crippen LogP contribution in [0.25, 0.3) is 66.0 Å². The Bertz CT molecular complexity index is 2530. The summed E-state index contributed by atoms with van der Waals surface area (Å²) in [4.78, 5) is 7.23. The summed E-state index contributed by atoms with van der Waals surface area (Å²) in [6, 6.07) is 60.1. The van der Waals surface area contributed by atoms with Gasteiger partial charge in [-0.3, -0.25) is 0 Å². The standard InChI is InChI=1S/C43H28N2O/c1-2-10-29(11-3-1)32-14-8-15-35(26-32)45(34-22-20-31(21-23-34)38-18-9-13-30-12-4-5-16-37(30)38)36-24-25-41-33(27-36)28-40-39-17-6-7-19-42(39)46-43(40)44-41/h1-28H. The van der Waals surface area contributed by atoms with E-state index in [1.54, 1.807) is 0 Å². The first kappa shape index (κ1) is 26.2. The van der Waals surface area contributed by atoms with Crippen LogP contribution in [-0.4, -0.2) is 4.98 Å². The van der Waals surface area contributed by atoms with Crippen molar-refractivity contribution in [2.24, 2.45) is 0 Å². The number of pyridine rings is 1. The normalized spacial score (nSPS) is 11.5. The molecule has 0 saturated carbocycles. The summed E-state index contributed by atoms with van der Waals surface area (Å²) < 4.78 is 6.08. The lowest BCUT2D eigenvalue weighted by Crippen LogP contribution is -2.10. The Hall–Kier alpha value is -6.19. The fraction of sp³-hybridized carbons (Fsp3) is 0. The highest BCUT2D eigenvalue weighted by Gasteiger charge is 2.16. The Morgan fingerprint density at radius 3 is 2.00 bits per heavy atom. The second-order valence-corrected chi connectivity index (χ2v) is 11.6. The van der Waals surface area contributed by atoms with E-state index in [0.717, 1.165) is 44.3 Å². The van der Waals surface area contributed by atoms with E-state index in [0.29, 0.717) is 5.71 Å². The van der Waals surface area contributed by atoms with E-state index in [-0.39, 0.29) is 0 Å². The zero-order valence-electron chi connectivity index (χ0n) is 25.0. The van der Waals surface area contributed by atoms with E-state index in [1.807, 2.05) is 18.2 Å². The molecule has 3 heteroatoms. The van der Waals surface area contributed by atoms with E-state index >= 15 is 0 Å². The van der Waals surface area contributed by atoms with E-state index < -0.39 is 0 Å². The molecule has 9 aromatic rings. The number of para-hydroxylation sites is 1. The molecular formula is C43H28N2O. The molecule has 0 aliphatic rings. The van der Waals surface area contributed by atoms with E-state index in [2.05, 4.69) is 157 Å². The van der Waals surface area contributed by atoms with Crippen molar-refractivity contribution in [1.29, 1.82) is 0 Å². The first-order valence-electron chi connectivity index (χ1n) is 15.5. The molecule has 0 fully saturated rings. The number of benzene rings is 7. The summed E-state index contributed by atoms with van der Waals surface area (Å²) in [5, 5.41) is 5.66. The van der Waals surface area contributed by atoms with Crippen molar-refractivity contribution in [1.82, 2.24) is 4.98 Å². The third-order valence-corrected chi connectivity index (χ3v) is 8.84. The van der Waals surface area contributed by atoms with Crippen LogP contribution in [0.15, 0.2) is 174 Å². The SMILES string of the molecule is c1ccc(-c2cccc(N(c3ccc(-c4cccc5ccccc45)cc3)c3ccc4nc5oc6ccccc6c5cc4c3)c2)cc1. The average molecular weight is 589 g/mol. The van der Waals surface area contributed by atoms with Gasteiger partial charge in [0.25, 0.3) is 0 Å². The number of anilines is 3. The van der Waals surface area contributed by atoms with Gasteiger partial charge in [-0.05, 0) is 87.6 Å². The number of rotatable bonds is 5. The molecule has 0 radical (unpaired) electrons. The maximum Gasteiger partial charge on any atom is 0.227 e. The number of hydrogen-bond donors (Lipinski definition) is 0. The molecule has 0 saturated heterocycles. The Kier molecular flexibility index (Phi) is 6.14. The first-order valence-corrected chi connectivity index (χ1v) is 15.5. The quantitative estimate of drug-likeness (QED) is 0.200. The maximum absolute atomic E-state index is 6.08. The minimum atomic E-state index is 0.665. The Morgan fingerprint density at radius 2 is 1.11 bits per heavy atom. The summed E-state index contributed by atoms with van der Waals surface area (Å²) >= 11 is 0. The third kappa shape index (κ3) is 4.49. The van der Waals surface area contributed by atoms with Gasteiger partial charge in [-0.25, -0.2) is 4.98 Å². The molecule has 0 aliphatic carbocycles. The molecular weight excluding hydrogens is 560 g/mol. The smallest absolute Gasteiger partial charge is 0.227 e. The summed E-state index contributed by atoms with van der Waals surface area (Å²) in [6.07, 6.45) is 0. The highest BCUT2D eigenvalue weighted by atomic mass is 16.3. The maximum atomic E-state index is 6.08. The largest absolute Gasteiger partial charge is 0.438 e. The van der Waals surface area contributed by atoms with Crippen LogP contribution in [0.2, 0.25) is 0 Å². The molecule has 0 spiro atoms. The van der Waals surface area contributed by atoms with Crippen LogP contribution >= 0.6 is 0 Å². The Balaban J connectivity index is 1.20. The van der Waals surface area contributed by atoms with Gasteiger partial charge in [0.2, 0.25) is 5.71 Å². The molecule has 0 amide bonds. The minimum absolute atomic E-state index is 0.665. The molecule has 3 nitrogen and oxygen atoms in total. The van der Waals surface area contributed by atoms with Crippen LogP contribution in [0.5, 0.6) is 0 Å². The predicted molar refractivity (Wildman–Crippen MR) is 192 cm³/mol. The average Bonchev–Trinajstić information content (AvgIpc) is 3.49. The van der Waals surface area contributed by atoms with Crippen LogP contribution < -0.4 is 4.90 Å². The molecule has 216 valence electrons. The van der Waals surface area contributed by atoms with Gasteiger partial charge in [0, 0.05) is 33.2 Å². The molecule has 0 bridgehead atoms. The summed E-state index contributed by atoms with van der Waals surface area (Å²) in [6.45, 7) is 0. The molecule has 9 rings (SSSR count). The number of hydrogen-bond acceptors (Lipinski definition) is 3. The van der Waals surface area contributed by atoms with Gasteiger partial charge >= 0.3 is 0 Å². The van der Waals surface area contributed by atoms with Crippen LogP contribution in [0.4, 0.5) is 17.1 Å². The molecule has 0 unspecified atom stereocenters. The predicted octanol–water partition coefficient (Wildman–Crippen LogP) is 12.1. The fourth-order valence-corrected chi connectivity index (χ4v) is 6.61. The van der Waals surface area contributed by atoms with Crippen molar-refractivity contribution in [3.05, 3.63) is 170 Å². The highest BCUT2D eigenvalue weighted by molar-refractivity contribution is 6.08. The third-order valence-electron chi connectivity index (χ3n) is 8.84. The van der Waals surface area contributed by atoms with E-state index in [9.17, 15) is 0 Å². The van der Waals surface area contributed by atoms with Gasteiger partial charge in [0.05, 0.1) is 5.52 Å². The van der Waals surface area contributed by atoms with Gasteiger partial charge < -0.3 is 9.32 Å². The highest BCUT2D eigenvalue weighted by Crippen LogP contribution is 2.40. The minimum Gasteiger partial charge on any atom is -0.438 e. The second-order valence-electron chi connectivity index (χ2n) is 11.6. The van der Waals surface area contributed by atoms with Gasteiger partial charge in [-0.15, -0.1) is 0 Å². The Morgan fingerprint density at radius 1 is 0.413 bits per heavy atom. The lowest BCUT2D eigenvalue weighted by atomic mass is 9.98. The topological polar surface area (TPSA) is 29.3 Å². The summed E-state index contributed by atoms with van der Waals surface area (Å²) in [7, 11) is 0. The van der Waals surface area contributed by atoms with Crippen LogP contribution in [0.1, 0.15) is 0 Å². The molecule has 0 N–H and O–H groups in total. The van der Waals surface area contributed by atoms with Crippen molar-refractivity contribution in [2.75, 3.05) is 4.90 Å². The number of nitrogens with zero attached hydrogens (tertiary/aromatic N) is 2. The lowest BCUT2D eigenvalue weighted by molar-refractivity contribution is 0.656. The number of aromatic nitrogens is 1. The number of furan rings is 1. The van der Waals surface area contributed by atoms with Crippen molar-refractivity contribution in [3.63, 3.8) is 0 Å². The van der Waals surface area contributed by atoms with E-state index in [4.69, 9.17) is 9.40 Å². The van der Waals surface area contributed by atoms with Gasteiger partial charge in [-0.2, -0.15) is 0 Å². The molecule has 0 atom stereocenters. The van der Waals surface area contributed by atoms with Gasteiger partial charge in [-0.1, -0.05) is 115 Å². The number of fused-ring (bicyclic) bond motifs is 5. The first-order chi connectivity index (χ1) is 22.8. The molecule has 46 heavy (non-hydrogen) atoms. The zero-order valence-corrected chi connectivity index (χ0v) is 25.0. The van der Waals surface area contributed by atoms with Gasteiger partial charge in [0.1, 0.15) is 5.58 Å². The van der Waals surface area contributed by atoms with Crippen molar-refractivity contribution < 1.29 is 4.42 Å².